The van der Waals surface area contributed by atoms with Gasteiger partial charge in [-0.25, -0.2) is 14.4 Å². The van der Waals surface area contributed by atoms with Crippen molar-refractivity contribution in [2.45, 2.75) is 65.2 Å². The Morgan fingerprint density at radius 2 is 1.94 bits per heavy atom. The summed E-state index contributed by atoms with van der Waals surface area (Å²) in [4.78, 5) is 28.4. The maximum absolute atomic E-state index is 13.9. The van der Waals surface area contributed by atoms with Gasteiger partial charge < -0.3 is 15.5 Å². The van der Waals surface area contributed by atoms with Gasteiger partial charge in [0, 0.05) is 49.7 Å². The van der Waals surface area contributed by atoms with Crippen LogP contribution in [0.2, 0.25) is 0 Å². The Kier molecular flexibility index (Phi) is 7.09. The lowest BCUT2D eigenvalue weighted by Crippen LogP contribution is -2.47. The van der Waals surface area contributed by atoms with E-state index in [0.29, 0.717) is 55.6 Å². The number of halogens is 1. The lowest BCUT2D eigenvalue weighted by molar-refractivity contribution is -0.131. The quantitative estimate of drug-likeness (QED) is 0.632. The van der Waals surface area contributed by atoms with Gasteiger partial charge in [0.1, 0.15) is 11.7 Å². The average Bonchev–Trinajstić information content (AvgIpc) is 3.09. The Bertz CT molecular complexity index is 1080. The zero-order valence-corrected chi connectivity index (χ0v) is 21.7. The molecule has 2 N–H and O–H groups in total. The van der Waals surface area contributed by atoms with Crippen LogP contribution in [0.5, 0.6) is 0 Å². The minimum Gasteiger partial charge on any atom is -0.375 e. The minimum atomic E-state index is -0.0208. The van der Waals surface area contributed by atoms with Crippen LogP contribution in [-0.4, -0.2) is 52.7 Å². The van der Waals surface area contributed by atoms with Gasteiger partial charge in [0.15, 0.2) is 5.13 Å². The monoisotopic (exact) mass is 497 g/mol. The molecule has 1 amide bonds. The standard InChI is InChI=1S/C27H36FN5OS/c1-17-3-5-19(6-4-17)26-30-22(20-7-8-21(28)18(2)15-20)9-13-33(26)16-25(34)32-12-10-23-24(11-14-32)35-27(29)31-23/h9,15,17,19H,3-8,10-14,16H2,1-2H3,(H2,29,31). The van der Waals surface area contributed by atoms with Crippen molar-refractivity contribution >= 4 is 28.2 Å². The molecule has 0 aromatic carbocycles. The number of aromatic nitrogens is 1. The smallest absolute Gasteiger partial charge is 0.242 e. The number of nitrogens with two attached hydrogens (primary N) is 1. The molecule has 0 radical (unpaired) electrons. The lowest BCUT2D eigenvalue weighted by Gasteiger charge is -2.37. The number of fused-ring (bicyclic) bond motifs is 1. The van der Waals surface area contributed by atoms with Crippen molar-refractivity contribution in [2.75, 3.05) is 31.9 Å². The largest absolute Gasteiger partial charge is 0.375 e. The van der Waals surface area contributed by atoms with E-state index in [9.17, 15) is 9.18 Å². The van der Waals surface area contributed by atoms with Crippen LogP contribution in [0.4, 0.5) is 9.52 Å². The highest BCUT2D eigenvalue weighted by Crippen LogP contribution is 2.35. The topological polar surface area (TPSA) is 74.8 Å². The predicted octanol–water partition coefficient (Wildman–Crippen LogP) is 5.04. The van der Waals surface area contributed by atoms with E-state index in [2.05, 4.69) is 22.9 Å². The molecule has 0 atom stereocenters. The molecular weight excluding hydrogens is 461 g/mol. The van der Waals surface area contributed by atoms with Gasteiger partial charge in [0.05, 0.1) is 17.9 Å². The molecule has 2 aliphatic carbocycles. The number of nitrogens with zero attached hydrogens (tertiary/aromatic N) is 4. The van der Waals surface area contributed by atoms with E-state index < -0.39 is 0 Å². The molecule has 1 aromatic rings. The number of anilines is 1. The van der Waals surface area contributed by atoms with E-state index in [1.165, 1.54) is 17.7 Å². The fourth-order valence-electron chi connectivity index (χ4n) is 5.70. The van der Waals surface area contributed by atoms with Crippen LogP contribution in [0, 0.1) is 11.8 Å². The van der Waals surface area contributed by atoms with Crippen LogP contribution < -0.4 is 5.73 Å². The number of carbonyl (C=O) groups excluding carboxylic acids is 1. The molecule has 35 heavy (non-hydrogen) atoms. The number of amides is 1. The van der Waals surface area contributed by atoms with Crippen molar-refractivity contribution < 1.29 is 9.18 Å². The summed E-state index contributed by atoms with van der Waals surface area (Å²) in [7, 11) is 0. The molecule has 1 aromatic heterocycles. The number of hydrogen-bond acceptors (Lipinski definition) is 6. The number of amidine groups is 1. The third kappa shape index (κ3) is 5.37. The van der Waals surface area contributed by atoms with Crippen molar-refractivity contribution in [2.24, 2.45) is 16.8 Å². The highest BCUT2D eigenvalue weighted by molar-refractivity contribution is 7.15. The van der Waals surface area contributed by atoms with Gasteiger partial charge in [-0.3, -0.25) is 4.79 Å². The van der Waals surface area contributed by atoms with E-state index in [4.69, 9.17) is 10.7 Å². The first-order chi connectivity index (χ1) is 16.9. The van der Waals surface area contributed by atoms with E-state index in [0.717, 1.165) is 54.4 Å². The van der Waals surface area contributed by atoms with Crippen molar-refractivity contribution in [1.29, 1.82) is 0 Å². The molecule has 4 aliphatic rings. The molecule has 1 saturated carbocycles. The van der Waals surface area contributed by atoms with Crippen LogP contribution in [0.3, 0.4) is 0 Å². The molecule has 2 aliphatic heterocycles. The van der Waals surface area contributed by atoms with E-state index in [-0.39, 0.29) is 11.7 Å². The fraction of sp³-hybridized carbons (Fsp3) is 0.593. The van der Waals surface area contributed by atoms with E-state index in [1.54, 1.807) is 11.3 Å². The van der Waals surface area contributed by atoms with Gasteiger partial charge in [-0.2, -0.15) is 0 Å². The molecule has 0 spiro atoms. The fourth-order valence-corrected chi connectivity index (χ4v) is 6.56. The summed E-state index contributed by atoms with van der Waals surface area (Å²) >= 11 is 1.55. The van der Waals surface area contributed by atoms with Crippen LogP contribution in [-0.2, 0) is 17.6 Å². The normalized spacial score (nSPS) is 25.5. The molecule has 0 unspecified atom stereocenters. The van der Waals surface area contributed by atoms with Crippen LogP contribution in [0.25, 0.3) is 0 Å². The van der Waals surface area contributed by atoms with Gasteiger partial charge >= 0.3 is 0 Å². The molecular formula is C27H36FN5OS. The lowest BCUT2D eigenvalue weighted by atomic mass is 9.81. The Hall–Kier alpha value is -2.48. The average molecular weight is 498 g/mol. The number of allylic oxidation sites excluding steroid dienone is 4. The molecule has 0 saturated heterocycles. The van der Waals surface area contributed by atoms with Gasteiger partial charge in [0.25, 0.3) is 0 Å². The summed E-state index contributed by atoms with van der Waals surface area (Å²) < 4.78 is 13.9. The van der Waals surface area contributed by atoms with Crippen LogP contribution in [0.1, 0.15) is 62.9 Å². The third-order valence-electron chi connectivity index (χ3n) is 7.91. The molecule has 188 valence electrons. The van der Waals surface area contributed by atoms with Crippen molar-refractivity contribution in [1.82, 2.24) is 14.8 Å². The first-order valence-electron chi connectivity index (χ1n) is 13.0. The second-order valence-electron chi connectivity index (χ2n) is 10.5. The van der Waals surface area contributed by atoms with E-state index >= 15 is 0 Å². The van der Waals surface area contributed by atoms with Crippen molar-refractivity contribution in [3.8, 4) is 0 Å². The molecule has 6 nitrogen and oxygen atoms in total. The zero-order valence-electron chi connectivity index (χ0n) is 20.9. The van der Waals surface area contributed by atoms with Gasteiger partial charge in [-0.1, -0.05) is 25.8 Å². The number of hydrogen-bond donors (Lipinski definition) is 1. The maximum Gasteiger partial charge on any atom is 0.242 e. The molecule has 3 heterocycles. The highest BCUT2D eigenvalue weighted by atomic mass is 32.1. The van der Waals surface area contributed by atoms with E-state index in [1.807, 2.05) is 17.9 Å². The second kappa shape index (κ2) is 10.2. The molecule has 8 heteroatoms. The van der Waals surface area contributed by atoms with Gasteiger partial charge in [0.2, 0.25) is 5.91 Å². The Morgan fingerprint density at radius 3 is 2.71 bits per heavy atom. The van der Waals surface area contributed by atoms with Crippen molar-refractivity contribution in [3.05, 3.63) is 45.4 Å². The maximum atomic E-state index is 13.9. The number of thiazole rings is 1. The third-order valence-corrected chi connectivity index (χ3v) is 8.89. The summed E-state index contributed by atoms with van der Waals surface area (Å²) in [6.07, 6.45) is 11.4. The predicted molar refractivity (Wildman–Crippen MR) is 140 cm³/mol. The summed E-state index contributed by atoms with van der Waals surface area (Å²) in [5.74, 6) is 2.31. The van der Waals surface area contributed by atoms with Gasteiger partial charge in [-0.15, -0.1) is 11.3 Å². The minimum absolute atomic E-state index is 0.0208. The van der Waals surface area contributed by atoms with Crippen molar-refractivity contribution in [3.63, 3.8) is 0 Å². The highest BCUT2D eigenvalue weighted by Gasteiger charge is 2.31. The first kappa shape index (κ1) is 24.2. The number of rotatable bonds is 4. The number of aliphatic imine (C=N–C) groups is 1. The summed E-state index contributed by atoms with van der Waals surface area (Å²) in [5.41, 5.74) is 9.72. The Morgan fingerprint density at radius 1 is 1.17 bits per heavy atom. The summed E-state index contributed by atoms with van der Waals surface area (Å²) in [6, 6.07) is 0. The number of nitrogen functional groups attached to an aromatic ring is 1. The van der Waals surface area contributed by atoms with Crippen LogP contribution >= 0.6 is 11.3 Å². The zero-order chi connectivity index (χ0) is 24.5. The van der Waals surface area contributed by atoms with Crippen LogP contribution in [0.15, 0.2) is 39.8 Å². The second-order valence-corrected chi connectivity index (χ2v) is 11.6. The SMILES string of the molecule is CC1=C(F)CCC(C2=CCN(CC(=O)N3CCc4nc(N)sc4CC3)C(C3CCC(C)CC3)=N2)=C1. The summed E-state index contributed by atoms with van der Waals surface area (Å²) in [6.45, 7) is 6.57. The first-order valence-corrected chi connectivity index (χ1v) is 13.8. The number of carbonyl (C=O) groups is 1. The van der Waals surface area contributed by atoms with Gasteiger partial charge in [-0.05, 0) is 49.3 Å². The Balaban J connectivity index is 1.32. The Labute approximate surface area is 211 Å². The molecule has 5 rings (SSSR count). The molecule has 0 bridgehead atoms. The summed E-state index contributed by atoms with van der Waals surface area (Å²) in [5, 5.41) is 0.620. The molecule has 1 fully saturated rings.